The van der Waals surface area contributed by atoms with Crippen molar-refractivity contribution >= 4 is 15.9 Å². The van der Waals surface area contributed by atoms with E-state index in [4.69, 9.17) is 0 Å². The molecule has 2 unspecified atom stereocenters. The summed E-state index contributed by atoms with van der Waals surface area (Å²) in [4.78, 5) is 2.20. The molecule has 0 aliphatic rings. The van der Waals surface area contributed by atoms with Crippen molar-refractivity contribution in [2.75, 3.05) is 27.2 Å². The van der Waals surface area contributed by atoms with Crippen molar-refractivity contribution in [2.45, 2.75) is 52.6 Å². The minimum atomic E-state index is 0.365. The second-order valence-electron chi connectivity index (χ2n) is 6.10. The fraction of sp³-hybridized carbons (Fsp3) is 0.812. The monoisotopic (exact) mass is 358 g/mol. The summed E-state index contributed by atoms with van der Waals surface area (Å²) < 4.78 is 3.28. The van der Waals surface area contributed by atoms with E-state index in [1.165, 1.54) is 18.5 Å². The summed E-state index contributed by atoms with van der Waals surface area (Å²) >= 11 is 3.70. The average Bonchev–Trinajstić information content (AvgIpc) is 2.79. The van der Waals surface area contributed by atoms with Gasteiger partial charge in [-0.1, -0.05) is 27.2 Å². The van der Waals surface area contributed by atoms with Gasteiger partial charge in [0, 0.05) is 6.54 Å². The second-order valence-corrected chi connectivity index (χ2v) is 6.96. The first-order valence-electron chi connectivity index (χ1n) is 8.10. The third-order valence-electron chi connectivity index (χ3n) is 3.81. The maximum Gasteiger partial charge on any atom is 0.0698 e. The molecule has 0 spiro atoms. The van der Waals surface area contributed by atoms with Gasteiger partial charge >= 0.3 is 0 Å². The van der Waals surface area contributed by atoms with Crippen LogP contribution < -0.4 is 5.32 Å². The third kappa shape index (κ3) is 5.72. The molecule has 1 heterocycles. The van der Waals surface area contributed by atoms with E-state index < -0.39 is 0 Å². The van der Waals surface area contributed by atoms with Crippen molar-refractivity contribution in [3.63, 3.8) is 0 Å². The van der Waals surface area contributed by atoms with Crippen molar-refractivity contribution in [3.8, 4) is 0 Å². The molecule has 1 N–H and O–H groups in total. The van der Waals surface area contributed by atoms with Gasteiger partial charge in [-0.25, -0.2) is 0 Å². The van der Waals surface area contributed by atoms with Gasteiger partial charge in [0.05, 0.1) is 29.0 Å². The zero-order chi connectivity index (χ0) is 15.8. The highest BCUT2D eigenvalue weighted by Crippen LogP contribution is 2.31. The smallest absolute Gasteiger partial charge is 0.0698 e. The minimum Gasteiger partial charge on any atom is -0.308 e. The Morgan fingerprint density at radius 2 is 2.05 bits per heavy atom. The van der Waals surface area contributed by atoms with Crippen LogP contribution in [0.15, 0.2) is 10.7 Å². The van der Waals surface area contributed by atoms with Gasteiger partial charge in [0.15, 0.2) is 0 Å². The number of nitrogens with one attached hydrogen (secondary N) is 1. The van der Waals surface area contributed by atoms with Crippen LogP contribution in [0.5, 0.6) is 0 Å². The molecule has 0 fully saturated rings. The van der Waals surface area contributed by atoms with Crippen LogP contribution in [0, 0.1) is 5.92 Å². The number of nitrogens with zero attached hydrogens (tertiary/aromatic N) is 3. The first kappa shape index (κ1) is 18.7. The van der Waals surface area contributed by atoms with E-state index in [0.717, 1.165) is 30.5 Å². The summed E-state index contributed by atoms with van der Waals surface area (Å²) in [6, 6.07) is 0.365. The Balaban J connectivity index is 2.96. The molecule has 0 aliphatic carbocycles. The molecule has 1 rings (SSSR count). The standard InChI is InChI=1S/C16H31BrN4/c1-6-8-13(3)15(18-9-7-2)16-14(17)12-19-21(16)11-10-20(4)5/h12-13,15,18H,6-11H2,1-5H3. The highest BCUT2D eigenvalue weighted by atomic mass is 79.9. The molecule has 0 bridgehead atoms. The number of hydrogen-bond acceptors (Lipinski definition) is 3. The lowest BCUT2D eigenvalue weighted by Gasteiger charge is -2.27. The van der Waals surface area contributed by atoms with Gasteiger partial charge in [-0.05, 0) is 55.3 Å². The van der Waals surface area contributed by atoms with E-state index >= 15 is 0 Å². The normalized spacial score (nSPS) is 14.6. The second kappa shape index (κ2) is 9.59. The Bertz CT molecular complexity index is 403. The zero-order valence-corrected chi connectivity index (χ0v) is 15.8. The lowest BCUT2D eigenvalue weighted by atomic mass is 9.94. The van der Waals surface area contributed by atoms with Gasteiger partial charge in [-0.2, -0.15) is 5.10 Å². The molecule has 0 amide bonds. The average molecular weight is 359 g/mol. The van der Waals surface area contributed by atoms with Crippen LogP contribution in [0.25, 0.3) is 0 Å². The maximum absolute atomic E-state index is 4.56. The molecule has 1 aromatic rings. The van der Waals surface area contributed by atoms with Crippen LogP contribution in [0.1, 0.15) is 51.8 Å². The predicted octanol–water partition coefficient (Wildman–Crippen LogP) is 3.68. The topological polar surface area (TPSA) is 33.1 Å². The maximum atomic E-state index is 4.56. The molecule has 0 saturated carbocycles. The first-order chi connectivity index (χ1) is 10.0. The summed E-state index contributed by atoms with van der Waals surface area (Å²) in [5, 5.41) is 8.28. The SMILES string of the molecule is CCCNC(c1c(Br)cnn1CCN(C)C)C(C)CCC. The Hall–Kier alpha value is -0.390. The number of rotatable bonds is 10. The van der Waals surface area contributed by atoms with Crippen molar-refractivity contribution < 1.29 is 0 Å². The quantitative estimate of drug-likeness (QED) is 0.692. The molecule has 4 nitrogen and oxygen atoms in total. The molecule has 0 radical (unpaired) electrons. The van der Waals surface area contributed by atoms with Gasteiger partial charge in [-0.15, -0.1) is 0 Å². The zero-order valence-electron chi connectivity index (χ0n) is 14.2. The summed E-state index contributed by atoms with van der Waals surface area (Å²) in [6.07, 6.45) is 5.53. The van der Waals surface area contributed by atoms with E-state index in [-0.39, 0.29) is 0 Å². The van der Waals surface area contributed by atoms with Crippen LogP contribution in [0.3, 0.4) is 0 Å². The summed E-state index contributed by atoms with van der Waals surface area (Å²) in [6.45, 7) is 9.79. The molecule has 0 aliphatic heterocycles. The highest BCUT2D eigenvalue weighted by Gasteiger charge is 2.24. The first-order valence-corrected chi connectivity index (χ1v) is 8.89. The van der Waals surface area contributed by atoms with Crippen LogP contribution in [0.2, 0.25) is 0 Å². The third-order valence-corrected chi connectivity index (χ3v) is 4.43. The lowest BCUT2D eigenvalue weighted by molar-refractivity contribution is 0.324. The Kier molecular flexibility index (Phi) is 8.52. The molecule has 122 valence electrons. The van der Waals surface area contributed by atoms with Crippen molar-refractivity contribution in [2.24, 2.45) is 5.92 Å². The van der Waals surface area contributed by atoms with E-state index in [1.807, 2.05) is 6.20 Å². The Morgan fingerprint density at radius 1 is 1.33 bits per heavy atom. The minimum absolute atomic E-state index is 0.365. The molecule has 5 heteroatoms. The molecule has 0 aromatic carbocycles. The molecule has 21 heavy (non-hydrogen) atoms. The summed E-state index contributed by atoms with van der Waals surface area (Å²) in [5.41, 5.74) is 1.30. The molecule has 1 aromatic heterocycles. The highest BCUT2D eigenvalue weighted by molar-refractivity contribution is 9.10. The summed E-state index contributed by atoms with van der Waals surface area (Å²) in [5.74, 6) is 0.604. The summed E-state index contributed by atoms with van der Waals surface area (Å²) in [7, 11) is 4.20. The van der Waals surface area contributed by atoms with Gasteiger partial charge in [-0.3, -0.25) is 4.68 Å². The predicted molar refractivity (Wildman–Crippen MR) is 93.6 cm³/mol. The fourth-order valence-electron chi connectivity index (χ4n) is 2.64. The number of halogens is 1. The van der Waals surface area contributed by atoms with Crippen molar-refractivity contribution in [1.82, 2.24) is 20.0 Å². The Labute approximate surface area is 138 Å². The van der Waals surface area contributed by atoms with Gasteiger partial charge < -0.3 is 10.2 Å². The van der Waals surface area contributed by atoms with E-state index in [9.17, 15) is 0 Å². The lowest BCUT2D eigenvalue weighted by Crippen LogP contribution is -2.31. The number of hydrogen-bond donors (Lipinski definition) is 1. The van der Waals surface area contributed by atoms with Crippen LogP contribution in [-0.2, 0) is 6.54 Å². The molecule has 2 atom stereocenters. The number of aromatic nitrogens is 2. The van der Waals surface area contributed by atoms with E-state index in [1.54, 1.807) is 0 Å². The van der Waals surface area contributed by atoms with E-state index in [2.05, 4.69) is 70.8 Å². The van der Waals surface area contributed by atoms with Gasteiger partial charge in [0.2, 0.25) is 0 Å². The van der Waals surface area contributed by atoms with Crippen molar-refractivity contribution in [1.29, 1.82) is 0 Å². The van der Waals surface area contributed by atoms with Gasteiger partial charge in [0.1, 0.15) is 0 Å². The van der Waals surface area contributed by atoms with Crippen molar-refractivity contribution in [3.05, 3.63) is 16.4 Å². The fourth-order valence-corrected chi connectivity index (χ4v) is 3.19. The van der Waals surface area contributed by atoms with Crippen LogP contribution in [0.4, 0.5) is 0 Å². The molecular formula is C16H31BrN4. The van der Waals surface area contributed by atoms with E-state index in [0.29, 0.717) is 12.0 Å². The molecular weight excluding hydrogens is 328 g/mol. The molecule has 0 saturated heterocycles. The number of likely N-dealkylation sites (N-methyl/N-ethyl adjacent to an activating group) is 1. The van der Waals surface area contributed by atoms with Gasteiger partial charge in [0.25, 0.3) is 0 Å². The van der Waals surface area contributed by atoms with Crippen LogP contribution >= 0.6 is 15.9 Å². The Morgan fingerprint density at radius 3 is 2.62 bits per heavy atom. The van der Waals surface area contributed by atoms with Crippen LogP contribution in [-0.4, -0.2) is 41.9 Å². The largest absolute Gasteiger partial charge is 0.308 e.